The maximum absolute atomic E-state index is 12.8. The van der Waals surface area contributed by atoms with Crippen LogP contribution in [0.25, 0.3) is 0 Å². The first-order valence-electron chi connectivity index (χ1n) is 6.42. The van der Waals surface area contributed by atoms with E-state index >= 15 is 0 Å². The molecule has 1 aromatic carbocycles. The van der Waals surface area contributed by atoms with Crippen molar-refractivity contribution in [2.24, 2.45) is 0 Å². The Morgan fingerprint density at radius 3 is 2.48 bits per heavy atom. The lowest BCUT2D eigenvalue weighted by molar-refractivity contribution is -0.114. The SMILES string of the molecule is CC(C(=O)Cl)N(Cc1ccco1)S(=O)(=O)c1ccc(Cl)c(Cl)c1. The lowest BCUT2D eigenvalue weighted by Crippen LogP contribution is -2.41. The second kappa shape index (κ2) is 7.23. The van der Waals surface area contributed by atoms with Gasteiger partial charge in [-0.2, -0.15) is 4.31 Å². The van der Waals surface area contributed by atoms with Gasteiger partial charge in [0, 0.05) is 0 Å². The van der Waals surface area contributed by atoms with Gasteiger partial charge in [-0.1, -0.05) is 23.2 Å². The smallest absolute Gasteiger partial charge is 0.244 e. The molecule has 0 spiro atoms. The van der Waals surface area contributed by atoms with Crippen molar-refractivity contribution in [2.45, 2.75) is 24.4 Å². The number of carbonyl (C=O) groups excluding carboxylic acids is 1. The van der Waals surface area contributed by atoms with Crippen LogP contribution in [-0.4, -0.2) is 24.0 Å². The van der Waals surface area contributed by atoms with E-state index in [1.807, 2.05) is 0 Å². The Bertz CT molecular complexity index is 805. The zero-order valence-electron chi connectivity index (χ0n) is 11.9. The molecule has 9 heteroatoms. The number of sulfonamides is 1. The molecular weight excluding hydrogens is 385 g/mol. The van der Waals surface area contributed by atoms with E-state index in [9.17, 15) is 13.2 Å². The third-order valence-corrected chi connectivity index (χ3v) is 6.12. The van der Waals surface area contributed by atoms with Crippen molar-refractivity contribution in [2.75, 3.05) is 0 Å². The van der Waals surface area contributed by atoms with Crippen molar-refractivity contribution in [3.05, 3.63) is 52.4 Å². The molecule has 0 aliphatic rings. The first-order chi connectivity index (χ1) is 10.7. The number of hydrogen-bond donors (Lipinski definition) is 0. The van der Waals surface area contributed by atoms with E-state index in [1.54, 1.807) is 12.1 Å². The van der Waals surface area contributed by atoms with Gasteiger partial charge in [0.1, 0.15) is 5.76 Å². The molecule has 1 atom stereocenters. The summed E-state index contributed by atoms with van der Waals surface area (Å²) in [7, 11) is -4.04. The summed E-state index contributed by atoms with van der Waals surface area (Å²) in [5.74, 6) is 0.374. The van der Waals surface area contributed by atoms with Crippen molar-refractivity contribution in [1.82, 2.24) is 4.31 Å². The largest absolute Gasteiger partial charge is 0.468 e. The summed E-state index contributed by atoms with van der Waals surface area (Å²) in [6.45, 7) is 1.25. The Hall–Kier alpha value is -1.05. The first kappa shape index (κ1) is 18.3. The van der Waals surface area contributed by atoms with E-state index in [0.29, 0.717) is 5.76 Å². The van der Waals surface area contributed by atoms with Gasteiger partial charge in [-0.3, -0.25) is 4.79 Å². The van der Waals surface area contributed by atoms with Gasteiger partial charge in [0.25, 0.3) is 0 Å². The highest BCUT2D eigenvalue weighted by Crippen LogP contribution is 2.28. The van der Waals surface area contributed by atoms with Crippen LogP contribution in [0.1, 0.15) is 12.7 Å². The van der Waals surface area contributed by atoms with E-state index in [0.717, 1.165) is 4.31 Å². The lowest BCUT2D eigenvalue weighted by atomic mass is 10.3. The van der Waals surface area contributed by atoms with Crippen LogP contribution in [0.2, 0.25) is 10.0 Å². The highest BCUT2D eigenvalue weighted by Gasteiger charge is 2.33. The Kier molecular flexibility index (Phi) is 5.75. The minimum atomic E-state index is -4.04. The molecule has 1 unspecified atom stereocenters. The van der Waals surface area contributed by atoms with Crippen LogP contribution in [0.3, 0.4) is 0 Å². The van der Waals surface area contributed by atoms with Gasteiger partial charge in [0.15, 0.2) is 0 Å². The molecule has 0 aliphatic carbocycles. The highest BCUT2D eigenvalue weighted by molar-refractivity contribution is 7.89. The molecule has 0 N–H and O–H groups in total. The average molecular weight is 397 g/mol. The molecular formula is C14H12Cl3NO4S. The number of nitrogens with zero attached hydrogens (tertiary/aromatic N) is 1. The fourth-order valence-electron chi connectivity index (χ4n) is 1.87. The van der Waals surface area contributed by atoms with Crippen LogP contribution >= 0.6 is 34.8 Å². The van der Waals surface area contributed by atoms with E-state index < -0.39 is 21.3 Å². The molecule has 0 saturated heterocycles. The van der Waals surface area contributed by atoms with Crippen LogP contribution in [-0.2, 0) is 21.4 Å². The van der Waals surface area contributed by atoms with E-state index in [1.165, 1.54) is 31.4 Å². The molecule has 0 fully saturated rings. The summed E-state index contributed by atoms with van der Waals surface area (Å²) in [4.78, 5) is 11.4. The zero-order valence-corrected chi connectivity index (χ0v) is 15.0. The highest BCUT2D eigenvalue weighted by atomic mass is 35.5. The molecule has 1 aromatic heterocycles. The summed E-state index contributed by atoms with van der Waals surface area (Å²) in [6.07, 6.45) is 1.41. The van der Waals surface area contributed by atoms with Crippen molar-refractivity contribution in [3.8, 4) is 0 Å². The standard InChI is InChI=1S/C14H12Cl3NO4S/c1-9(14(17)19)18(8-10-3-2-6-22-10)23(20,21)11-4-5-12(15)13(16)7-11/h2-7,9H,8H2,1H3. The third-order valence-electron chi connectivity index (χ3n) is 3.15. The Morgan fingerprint density at radius 1 is 1.26 bits per heavy atom. The van der Waals surface area contributed by atoms with Crippen LogP contribution in [0, 0.1) is 0 Å². The third kappa shape index (κ3) is 4.08. The summed E-state index contributed by atoms with van der Waals surface area (Å²) >= 11 is 17.2. The second-order valence-electron chi connectivity index (χ2n) is 4.69. The molecule has 124 valence electrons. The fourth-order valence-corrected chi connectivity index (χ4v) is 4.00. The summed E-state index contributed by atoms with van der Waals surface area (Å²) in [5, 5.41) is -0.486. The fraction of sp³-hybridized carbons (Fsp3) is 0.214. The monoisotopic (exact) mass is 395 g/mol. The molecule has 0 bridgehead atoms. The van der Waals surface area contributed by atoms with Gasteiger partial charge in [-0.05, 0) is 48.9 Å². The van der Waals surface area contributed by atoms with Crippen molar-refractivity contribution < 1.29 is 17.6 Å². The van der Waals surface area contributed by atoms with Gasteiger partial charge in [0.2, 0.25) is 15.3 Å². The van der Waals surface area contributed by atoms with Crippen LogP contribution < -0.4 is 0 Å². The van der Waals surface area contributed by atoms with Crippen LogP contribution in [0.15, 0.2) is 45.9 Å². The predicted octanol–water partition coefficient (Wildman–Crippen LogP) is 3.93. The molecule has 0 aliphatic heterocycles. The van der Waals surface area contributed by atoms with Crippen molar-refractivity contribution in [3.63, 3.8) is 0 Å². The van der Waals surface area contributed by atoms with Crippen molar-refractivity contribution >= 4 is 50.1 Å². The van der Waals surface area contributed by atoms with E-state index in [2.05, 4.69) is 0 Å². The summed E-state index contributed by atoms with van der Waals surface area (Å²) in [6, 6.07) is 6.04. The molecule has 0 radical (unpaired) electrons. The van der Waals surface area contributed by atoms with Gasteiger partial charge < -0.3 is 4.42 Å². The molecule has 23 heavy (non-hydrogen) atoms. The van der Waals surface area contributed by atoms with Gasteiger partial charge in [0.05, 0.1) is 33.8 Å². The number of rotatable bonds is 6. The summed E-state index contributed by atoms with van der Waals surface area (Å²) in [5.41, 5.74) is 0. The van der Waals surface area contributed by atoms with Crippen LogP contribution in [0.5, 0.6) is 0 Å². The molecule has 2 rings (SSSR count). The maximum atomic E-state index is 12.8. The minimum Gasteiger partial charge on any atom is -0.468 e. The minimum absolute atomic E-state index is 0.0931. The van der Waals surface area contributed by atoms with Crippen molar-refractivity contribution in [1.29, 1.82) is 0 Å². The van der Waals surface area contributed by atoms with Crippen LogP contribution in [0.4, 0.5) is 0 Å². The Labute approximate surface area is 148 Å². The molecule has 5 nitrogen and oxygen atoms in total. The van der Waals surface area contributed by atoms with E-state index in [4.69, 9.17) is 39.2 Å². The van der Waals surface area contributed by atoms with Gasteiger partial charge >= 0.3 is 0 Å². The van der Waals surface area contributed by atoms with Gasteiger partial charge in [-0.25, -0.2) is 8.42 Å². The topological polar surface area (TPSA) is 67.6 Å². The quantitative estimate of drug-likeness (QED) is 0.694. The average Bonchev–Trinajstić information content (AvgIpc) is 2.99. The molecule has 1 heterocycles. The normalized spacial score (nSPS) is 13.3. The summed E-state index contributed by atoms with van der Waals surface area (Å²) < 4.78 is 31.8. The second-order valence-corrected chi connectivity index (χ2v) is 7.76. The number of hydrogen-bond acceptors (Lipinski definition) is 4. The number of benzene rings is 1. The first-order valence-corrected chi connectivity index (χ1v) is 8.99. The lowest BCUT2D eigenvalue weighted by Gasteiger charge is -2.25. The maximum Gasteiger partial charge on any atom is 0.244 e. The van der Waals surface area contributed by atoms with E-state index in [-0.39, 0.29) is 21.5 Å². The number of furan rings is 1. The Morgan fingerprint density at radius 2 is 1.96 bits per heavy atom. The van der Waals surface area contributed by atoms with Gasteiger partial charge in [-0.15, -0.1) is 0 Å². The molecule has 0 amide bonds. The molecule has 2 aromatic rings. The number of carbonyl (C=O) groups is 1. The predicted molar refractivity (Wildman–Crippen MR) is 88.2 cm³/mol. The molecule has 0 saturated carbocycles. The number of halogens is 3. The zero-order chi connectivity index (χ0) is 17.2. The Balaban J connectivity index is 2.47.